The molecule has 1 fully saturated rings. The van der Waals surface area contributed by atoms with Crippen LogP contribution in [0.4, 0.5) is 5.69 Å². The molecular weight excluding hydrogens is 492 g/mol. The van der Waals surface area contributed by atoms with E-state index in [4.69, 9.17) is 9.47 Å². The van der Waals surface area contributed by atoms with E-state index in [-0.39, 0.29) is 25.2 Å². The van der Waals surface area contributed by atoms with Crippen molar-refractivity contribution in [3.8, 4) is 5.75 Å². The minimum absolute atomic E-state index is 0.0563. The van der Waals surface area contributed by atoms with Gasteiger partial charge in [-0.1, -0.05) is 28.1 Å². The molecule has 2 aromatic rings. The lowest BCUT2D eigenvalue weighted by atomic mass is 10.2. The Bertz CT molecular complexity index is 1040. The van der Waals surface area contributed by atoms with Crippen LogP contribution in [0.1, 0.15) is 24.0 Å². The highest BCUT2D eigenvalue weighted by atomic mass is 79.9. The van der Waals surface area contributed by atoms with Crippen molar-refractivity contribution in [1.82, 2.24) is 10.7 Å². The van der Waals surface area contributed by atoms with E-state index in [0.717, 1.165) is 22.9 Å². The quantitative estimate of drug-likeness (QED) is 0.283. The fourth-order valence-electron chi connectivity index (χ4n) is 3.12. The van der Waals surface area contributed by atoms with Gasteiger partial charge < -0.3 is 20.1 Å². The van der Waals surface area contributed by atoms with Gasteiger partial charge in [-0.15, -0.1) is 0 Å². The molecule has 1 aliphatic heterocycles. The summed E-state index contributed by atoms with van der Waals surface area (Å²) < 4.78 is 11.9. The summed E-state index contributed by atoms with van der Waals surface area (Å²) in [5.41, 5.74) is 4.33. The molecule has 0 saturated carbocycles. The molecular formula is C23H25BrN4O5. The van der Waals surface area contributed by atoms with Crippen molar-refractivity contribution in [3.63, 3.8) is 0 Å². The van der Waals surface area contributed by atoms with Gasteiger partial charge in [0.05, 0.1) is 12.3 Å². The number of rotatable bonds is 8. The van der Waals surface area contributed by atoms with E-state index in [2.05, 4.69) is 37.1 Å². The van der Waals surface area contributed by atoms with Crippen LogP contribution < -0.4 is 20.8 Å². The summed E-state index contributed by atoms with van der Waals surface area (Å²) in [6.45, 7) is 2.64. The maximum absolute atomic E-state index is 12.3. The Kier molecular flexibility index (Phi) is 8.96. The first-order valence-corrected chi connectivity index (χ1v) is 11.2. The first-order chi connectivity index (χ1) is 15.9. The average Bonchev–Trinajstić information content (AvgIpc) is 3.32. The van der Waals surface area contributed by atoms with E-state index in [1.165, 1.54) is 6.21 Å². The predicted molar refractivity (Wildman–Crippen MR) is 127 cm³/mol. The molecule has 33 heavy (non-hydrogen) atoms. The molecule has 0 unspecified atom stereocenters. The van der Waals surface area contributed by atoms with Gasteiger partial charge in [0.1, 0.15) is 5.75 Å². The number of benzene rings is 2. The molecule has 3 rings (SSSR count). The van der Waals surface area contributed by atoms with Gasteiger partial charge in [-0.2, -0.15) is 5.10 Å². The van der Waals surface area contributed by atoms with Gasteiger partial charge in [0, 0.05) is 28.9 Å². The lowest BCUT2D eigenvalue weighted by Crippen LogP contribution is -2.41. The van der Waals surface area contributed by atoms with E-state index < -0.39 is 11.8 Å². The molecule has 0 aliphatic carbocycles. The van der Waals surface area contributed by atoms with Gasteiger partial charge >= 0.3 is 11.8 Å². The van der Waals surface area contributed by atoms with Gasteiger partial charge in [-0.3, -0.25) is 14.4 Å². The Labute approximate surface area is 200 Å². The van der Waals surface area contributed by atoms with Crippen molar-refractivity contribution >= 4 is 45.6 Å². The highest BCUT2D eigenvalue weighted by Gasteiger charge is 2.19. The molecule has 3 amide bonds. The van der Waals surface area contributed by atoms with Crippen molar-refractivity contribution in [1.29, 1.82) is 0 Å². The van der Waals surface area contributed by atoms with Gasteiger partial charge in [0.25, 0.3) is 5.91 Å². The van der Waals surface area contributed by atoms with Crippen LogP contribution in [0, 0.1) is 6.92 Å². The van der Waals surface area contributed by atoms with Crippen LogP contribution in [0.2, 0.25) is 0 Å². The van der Waals surface area contributed by atoms with Crippen molar-refractivity contribution in [2.24, 2.45) is 5.10 Å². The SMILES string of the molecule is Cc1cc(Br)ccc1NC(=O)COc1ccccc1/C=N\NC(=O)C(=O)NC[C@H]1CCCO1. The highest BCUT2D eigenvalue weighted by Crippen LogP contribution is 2.20. The number of carbonyl (C=O) groups excluding carboxylic acids is 3. The minimum atomic E-state index is -0.883. The fraction of sp³-hybridized carbons (Fsp3) is 0.304. The molecule has 1 saturated heterocycles. The number of hydrogen-bond donors (Lipinski definition) is 3. The van der Waals surface area contributed by atoms with Crippen LogP contribution >= 0.6 is 15.9 Å². The van der Waals surface area contributed by atoms with Gasteiger partial charge in [0.2, 0.25) is 0 Å². The van der Waals surface area contributed by atoms with Crippen molar-refractivity contribution in [3.05, 3.63) is 58.1 Å². The molecule has 0 aromatic heterocycles. The lowest BCUT2D eigenvalue weighted by molar-refractivity contribution is -0.139. The van der Waals surface area contributed by atoms with E-state index >= 15 is 0 Å². The number of nitrogens with zero attached hydrogens (tertiary/aromatic N) is 1. The largest absolute Gasteiger partial charge is 0.483 e. The Balaban J connectivity index is 1.48. The van der Waals surface area contributed by atoms with Crippen molar-refractivity contribution in [2.45, 2.75) is 25.9 Å². The van der Waals surface area contributed by atoms with Crippen LogP contribution in [0.25, 0.3) is 0 Å². The Morgan fingerprint density at radius 3 is 2.79 bits per heavy atom. The number of para-hydroxylation sites is 1. The van der Waals surface area contributed by atoms with Crippen molar-refractivity contribution < 1.29 is 23.9 Å². The molecule has 0 spiro atoms. The third-order valence-corrected chi connectivity index (χ3v) is 5.32. The second kappa shape index (κ2) is 12.1. The zero-order valence-electron chi connectivity index (χ0n) is 18.1. The summed E-state index contributed by atoms with van der Waals surface area (Å²) in [4.78, 5) is 36.0. The molecule has 1 heterocycles. The van der Waals surface area contributed by atoms with Crippen LogP contribution in [0.3, 0.4) is 0 Å². The van der Waals surface area contributed by atoms with Crippen LogP contribution in [-0.2, 0) is 19.1 Å². The summed E-state index contributed by atoms with van der Waals surface area (Å²) in [6.07, 6.45) is 3.10. The van der Waals surface area contributed by atoms with Crippen molar-refractivity contribution in [2.75, 3.05) is 25.1 Å². The Hall–Kier alpha value is -3.24. The predicted octanol–water partition coefficient (Wildman–Crippen LogP) is 2.52. The van der Waals surface area contributed by atoms with E-state index in [0.29, 0.717) is 23.6 Å². The van der Waals surface area contributed by atoms with E-state index in [1.807, 2.05) is 19.1 Å². The second-order valence-corrected chi connectivity index (χ2v) is 8.29. The number of halogens is 1. The van der Waals surface area contributed by atoms with Crippen LogP contribution in [-0.4, -0.2) is 49.8 Å². The molecule has 0 radical (unpaired) electrons. The third kappa shape index (κ3) is 7.69. The van der Waals surface area contributed by atoms with Crippen LogP contribution in [0.5, 0.6) is 5.75 Å². The minimum Gasteiger partial charge on any atom is -0.483 e. The normalized spacial score (nSPS) is 15.3. The standard InChI is InChI=1S/C23H25BrN4O5/c1-15-11-17(24)8-9-19(15)27-21(29)14-33-20-7-3-2-5-16(20)12-26-28-23(31)22(30)25-13-18-6-4-10-32-18/h2-3,5,7-9,11-12,18H,4,6,10,13-14H2,1H3,(H,25,30)(H,27,29)(H,28,31)/b26-12-/t18-/m1/s1. The molecule has 2 aromatic carbocycles. The van der Waals surface area contributed by atoms with E-state index in [1.54, 1.807) is 30.3 Å². The summed E-state index contributed by atoms with van der Waals surface area (Å²) >= 11 is 3.39. The smallest absolute Gasteiger partial charge is 0.329 e. The maximum Gasteiger partial charge on any atom is 0.329 e. The first kappa shape index (κ1) is 24.4. The Morgan fingerprint density at radius 1 is 1.21 bits per heavy atom. The van der Waals surface area contributed by atoms with Gasteiger partial charge in [-0.05, 0) is 55.7 Å². The molecule has 3 N–H and O–H groups in total. The molecule has 1 atom stereocenters. The summed E-state index contributed by atoms with van der Waals surface area (Å²) in [7, 11) is 0. The lowest BCUT2D eigenvalue weighted by Gasteiger charge is -2.11. The maximum atomic E-state index is 12.3. The molecule has 10 heteroatoms. The average molecular weight is 517 g/mol. The number of carbonyl (C=O) groups is 3. The summed E-state index contributed by atoms with van der Waals surface area (Å²) in [5, 5.41) is 9.14. The summed E-state index contributed by atoms with van der Waals surface area (Å²) in [6, 6.07) is 12.4. The molecule has 174 valence electrons. The fourth-order valence-corrected chi connectivity index (χ4v) is 3.59. The zero-order chi connectivity index (χ0) is 23.6. The van der Waals surface area contributed by atoms with Crippen LogP contribution in [0.15, 0.2) is 52.0 Å². The van der Waals surface area contributed by atoms with Gasteiger partial charge in [0.15, 0.2) is 6.61 Å². The number of nitrogens with one attached hydrogen (secondary N) is 3. The molecule has 1 aliphatic rings. The monoisotopic (exact) mass is 516 g/mol. The number of anilines is 1. The van der Waals surface area contributed by atoms with E-state index in [9.17, 15) is 14.4 Å². The first-order valence-electron chi connectivity index (χ1n) is 10.4. The second-order valence-electron chi connectivity index (χ2n) is 7.38. The number of ether oxygens (including phenoxy) is 2. The number of hydrogen-bond acceptors (Lipinski definition) is 6. The summed E-state index contributed by atoms with van der Waals surface area (Å²) in [5.74, 6) is -1.58. The Morgan fingerprint density at radius 2 is 2.03 bits per heavy atom. The third-order valence-electron chi connectivity index (χ3n) is 4.83. The number of aryl methyl sites for hydroxylation is 1. The number of amides is 3. The highest BCUT2D eigenvalue weighted by molar-refractivity contribution is 9.10. The molecule has 0 bridgehead atoms. The van der Waals surface area contributed by atoms with Gasteiger partial charge in [-0.25, -0.2) is 5.43 Å². The number of hydrazone groups is 1. The molecule has 9 nitrogen and oxygen atoms in total. The topological polar surface area (TPSA) is 118 Å². The zero-order valence-corrected chi connectivity index (χ0v) is 19.7.